The van der Waals surface area contributed by atoms with E-state index in [9.17, 15) is 19.0 Å². The second-order valence-electron chi connectivity index (χ2n) is 19.6. The van der Waals surface area contributed by atoms with E-state index in [0.717, 1.165) is 32.1 Å². The van der Waals surface area contributed by atoms with E-state index in [4.69, 9.17) is 18.5 Å². The van der Waals surface area contributed by atoms with E-state index in [2.05, 4.69) is 13.8 Å². The molecule has 0 aromatic carbocycles. The van der Waals surface area contributed by atoms with Gasteiger partial charge in [-0.15, -0.1) is 0 Å². The first-order valence-corrected chi connectivity index (χ1v) is 28.2. The Hall–Kier alpha value is -0.990. The highest BCUT2D eigenvalue weighted by molar-refractivity contribution is 7.45. The van der Waals surface area contributed by atoms with Crippen molar-refractivity contribution in [2.75, 3.05) is 47.5 Å². The highest BCUT2D eigenvalue weighted by Gasteiger charge is 2.21. The molecule has 0 spiro atoms. The summed E-state index contributed by atoms with van der Waals surface area (Å²) in [5, 5.41) is 0. The molecule has 0 aromatic rings. The van der Waals surface area contributed by atoms with Gasteiger partial charge in [0.05, 0.1) is 27.7 Å². The van der Waals surface area contributed by atoms with Crippen LogP contribution in [0.3, 0.4) is 0 Å². The van der Waals surface area contributed by atoms with E-state index in [-0.39, 0.29) is 32.0 Å². The first kappa shape index (κ1) is 61.0. The summed E-state index contributed by atoms with van der Waals surface area (Å²) in [5.41, 5.74) is 0. The van der Waals surface area contributed by atoms with E-state index in [1.165, 1.54) is 205 Å². The van der Waals surface area contributed by atoms with Gasteiger partial charge in [0.1, 0.15) is 19.8 Å². The topological polar surface area (TPSA) is 111 Å². The summed E-state index contributed by atoms with van der Waals surface area (Å²) >= 11 is 0. The van der Waals surface area contributed by atoms with Gasteiger partial charge < -0.3 is 27.9 Å². The number of carbonyl (C=O) groups excluding carboxylic acids is 2. The summed E-state index contributed by atoms with van der Waals surface area (Å²) in [7, 11) is 1.19. The van der Waals surface area contributed by atoms with E-state index in [1.807, 2.05) is 21.1 Å². The number of nitrogens with zero attached hydrogens (tertiary/aromatic N) is 1. The van der Waals surface area contributed by atoms with Crippen LogP contribution in [0.25, 0.3) is 0 Å². The van der Waals surface area contributed by atoms with Crippen molar-refractivity contribution >= 4 is 19.8 Å². The minimum Gasteiger partial charge on any atom is -0.756 e. The normalized spacial score (nSPS) is 13.3. The summed E-state index contributed by atoms with van der Waals surface area (Å²) in [5.74, 6) is -0.812. The smallest absolute Gasteiger partial charge is 0.306 e. The molecular formula is C52H104NO8P. The van der Waals surface area contributed by atoms with Gasteiger partial charge >= 0.3 is 11.9 Å². The molecule has 62 heavy (non-hydrogen) atoms. The van der Waals surface area contributed by atoms with Crippen LogP contribution in [0.2, 0.25) is 0 Å². The highest BCUT2D eigenvalue weighted by atomic mass is 31.2. The number of rotatable bonds is 50. The minimum absolute atomic E-state index is 0.0253. The van der Waals surface area contributed by atoms with Crippen molar-refractivity contribution in [3.8, 4) is 0 Å². The molecule has 0 aromatic heterocycles. The first-order chi connectivity index (χ1) is 30.0. The molecule has 0 amide bonds. The van der Waals surface area contributed by atoms with Crippen molar-refractivity contribution in [3.05, 3.63) is 0 Å². The molecule has 0 radical (unpaired) electrons. The monoisotopic (exact) mass is 902 g/mol. The Kier molecular flexibility index (Phi) is 44.5. The quantitative estimate of drug-likeness (QED) is 0.0257. The lowest BCUT2D eigenvalue weighted by atomic mass is 10.0. The molecule has 0 N–H and O–H groups in total. The van der Waals surface area contributed by atoms with Crippen LogP contribution in [0.5, 0.6) is 0 Å². The van der Waals surface area contributed by atoms with Crippen LogP contribution in [0, 0.1) is 0 Å². The summed E-state index contributed by atoms with van der Waals surface area (Å²) in [6, 6.07) is 0. The summed E-state index contributed by atoms with van der Waals surface area (Å²) in [6.07, 6.45) is 48.5. The van der Waals surface area contributed by atoms with Crippen molar-refractivity contribution in [2.24, 2.45) is 0 Å². The first-order valence-electron chi connectivity index (χ1n) is 26.7. The van der Waals surface area contributed by atoms with Gasteiger partial charge in [0.25, 0.3) is 7.82 Å². The van der Waals surface area contributed by atoms with Gasteiger partial charge in [-0.25, -0.2) is 0 Å². The molecule has 0 heterocycles. The third kappa shape index (κ3) is 48.5. The number of ether oxygens (including phenoxy) is 2. The molecule has 0 fully saturated rings. The van der Waals surface area contributed by atoms with Crippen LogP contribution >= 0.6 is 7.82 Å². The molecule has 2 atom stereocenters. The van der Waals surface area contributed by atoms with Gasteiger partial charge in [0.15, 0.2) is 6.10 Å². The fourth-order valence-corrected chi connectivity index (χ4v) is 8.68. The number of esters is 2. The summed E-state index contributed by atoms with van der Waals surface area (Å²) < 4.78 is 34.1. The fraction of sp³-hybridized carbons (Fsp3) is 0.962. The third-order valence-electron chi connectivity index (χ3n) is 12.1. The largest absolute Gasteiger partial charge is 0.756 e. The van der Waals surface area contributed by atoms with Gasteiger partial charge in [-0.05, 0) is 12.8 Å². The number of phosphoric acid groups is 1. The Morgan fingerprint density at radius 2 is 0.726 bits per heavy atom. The Morgan fingerprint density at radius 3 is 1.03 bits per heavy atom. The second kappa shape index (κ2) is 45.2. The molecule has 9 nitrogen and oxygen atoms in total. The van der Waals surface area contributed by atoms with Crippen molar-refractivity contribution in [1.29, 1.82) is 0 Å². The van der Waals surface area contributed by atoms with Crippen molar-refractivity contribution in [2.45, 2.75) is 277 Å². The highest BCUT2D eigenvalue weighted by Crippen LogP contribution is 2.38. The van der Waals surface area contributed by atoms with Crippen LogP contribution in [0.15, 0.2) is 0 Å². The van der Waals surface area contributed by atoms with Crippen molar-refractivity contribution in [1.82, 2.24) is 0 Å². The molecule has 0 saturated carbocycles. The molecule has 0 bridgehead atoms. The van der Waals surface area contributed by atoms with E-state index in [1.54, 1.807) is 0 Å². The number of unbranched alkanes of at least 4 members (excludes halogenated alkanes) is 36. The van der Waals surface area contributed by atoms with Crippen molar-refractivity contribution < 1.29 is 42.1 Å². The van der Waals surface area contributed by atoms with Gasteiger partial charge in [-0.2, -0.15) is 0 Å². The molecule has 0 rings (SSSR count). The number of carbonyl (C=O) groups is 2. The zero-order chi connectivity index (χ0) is 45.7. The molecule has 10 heteroatoms. The lowest BCUT2D eigenvalue weighted by Gasteiger charge is -2.28. The molecule has 1 unspecified atom stereocenters. The van der Waals surface area contributed by atoms with E-state index in [0.29, 0.717) is 17.4 Å². The Labute approximate surface area is 384 Å². The Bertz CT molecular complexity index is 1020. The average molecular weight is 902 g/mol. The predicted molar refractivity (Wildman–Crippen MR) is 259 cm³/mol. The van der Waals surface area contributed by atoms with Gasteiger partial charge in [0.2, 0.25) is 0 Å². The molecular weight excluding hydrogens is 798 g/mol. The van der Waals surface area contributed by atoms with Crippen LogP contribution in [-0.4, -0.2) is 70.0 Å². The maximum Gasteiger partial charge on any atom is 0.306 e. The van der Waals surface area contributed by atoms with E-state index < -0.39 is 26.5 Å². The number of hydrogen-bond acceptors (Lipinski definition) is 8. The fourth-order valence-electron chi connectivity index (χ4n) is 7.95. The minimum atomic E-state index is -4.62. The van der Waals surface area contributed by atoms with Crippen molar-refractivity contribution in [3.63, 3.8) is 0 Å². The molecule has 370 valence electrons. The molecule has 0 aliphatic heterocycles. The maximum absolute atomic E-state index is 12.8. The SMILES string of the molecule is CCCCCCCCCCCCCCCCCCCCCCCCC(=O)O[C@H](COC(=O)CCCCCCCCCCCCCCCCCC)COP(=O)([O-])OCC[N+](C)(C)C. The Balaban J connectivity index is 4.16. The average Bonchev–Trinajstić information content (AvgIpc) is 3.23. The maximum atomic E-state index is 12.8. The molecule has 0 saturated heterocycles. The number of phosphoric ester groups is 1. The predicted octanol–water partition coefficient (Wildman–Crippen LogP) is 15.3. The van der Waals surface area contributed by atoms with Gasteiger partial charge in [-0.1, -0.05) is 245 Å². The number of hydrogen-bond donors (Lipinski definition) is 0. The van der Waals surface area contributed by atoms with E-state index >= 15 is 0 Å². The summed E-state index contributed by atoms with van der Waals surface area (Å²) in [4.78, 5) is 37.7. The molecule has 0 aliphatic rings. The zero-order valence-electron chi connectivity index (χ0n) is 41.9. The van der Waals surface area contributed by atoms with Crippen LogP contribution < -0.4 is 4.89 Å². The lowest BCUT2D eigenvalue weighted by Crippen LogP contribution is -2.37. The zero-order valence-corrected chi connectivity index (χ0v) is 42.7. The van der Waals surface area contributed by atoms with Gasteiger partial charge in [-0.3, -0.25) is 14.2 Å². The third-order valence-corrected chi connectivity index (χ3v) is 13.1. The van der Waals surface area contributed by atoms with Crippen LogP contribution in [-0.2, 0) is 32.7 Å². The Morgan fingerprint density at radius 1 is 0.435 bits per heavy atom. The van der Waals surface area contributed by atoms with Gasteiger partial charge in [0, 0.05) is 12.8 Å². The molecule has 0 aliphatic carbocycles. The van der Waals surface area contributed by atoms with Crippen LogP contribution in [0.1, 0.15) is 271 Å². The lowest BCUT2D eigenvalue weighted by molar-refractivity contribution is -0.870. The number of likely N-dealkylation sites (N-methyl/N-ethyl adjacent to an activating group) is 1. The summed E-state index contributed by atoms with van der Waals surface area (Å²) in [6.45, 7) is 4.30. The second-order valence-corrected chi connectivity index (χ2v) is 21.0. The van der Waals surface area contributed by atoms with Crippen LogP contribution in [0.4, 0.5) is 0 Å². The standard InChI is InChI=1S/C52H104NO8P/c1-6-8-10-12-14-16-18-20-22-24-25-26-27-28-29-31-33-35-37-39-41-43-45-52(55)61-50(49-60-62(56,57)59-47-46-53(3,4)5)48-58-51(54)44-42-40-38-36-34-32-30-23-21-19-17-15-13-11-9-7-2/h50H,6-49H2,1-5H3/t50-/m1/s1. The number of quaternary nitrogens is 1.